The second-order valence-electron chi connectivity index (χ2n) is 6.78. The molecule has 4 nitrogen and oxygen atoms in total. The Morgan fingerprint density at radius 3 is 2.50 bits per heavy atom. The third kappa shape index (κ3) is 3.71. The molecule has 24 heavy (non-hydrogen) atoms. The van der Waals surface area contributed by atoms with Crippen molar-refractivity contribution < 1.29 is 8.78 Å². The van der Waals surface area contributed by atoms with E-state index in [1.807, 2.05) is 19.9 Å². The smallest absolute Gasteiger partial charge is 0.280 e. The van der Waals surface area contributed by atoms with Crippen LogP contribution in [-0.2, 0) is 0 Å². The van der Waals surface area contributed by atoms with Crippen molar-refractivity contribution in [3.63, 3.8) is 0 Å². The molecule has 0 aliphatic carbocycles. The quantitative estimate of drug-likeness (QED) is 0.798. The Morgan fingerprint density at radius 1 is 1.17 bits per heavy atom. The van der Waals surface area contributed by atoms with Crippen LogP contribution in [0.5, 0.6) is 0 Å². The molecule has 2 aromatic rings. The van der Waals surface area contributed by atoms with Gasteiger partial charge in [0.2, 0.25) is 0 Å². The second kappa shape index (κ2) is 6.70. The molecule has 1 aliphatic rings. The van der Waals surface area contributed by atoms with Crippen LogP contribution < -0.4 is 10.0 Å². The summed E-state index contributed by atoms with van der Waals surface area (Å²) in [4.78, 5) is 8.57. The molecule has 3 heterocycles. The lowest BCUT2D eigenvalue weighted by Gasteiger charge is -2.32. The minimum atomic E-state index is -2.60. The second-order valence-corrected chi connectivity index (χ2v) is 10.3. The highest BCUT2D eigenvalue weighted by molar-refractivity contribution is 8.34. The van der Waals surface area contributed by atoms with E-state index in [1.54, 1.807) is 6.20 Å². The molecule has 0 atom stereocenters. The molecule has 0 aromatic carbocycles. The highest BCUT2D eigenvalue weighted by Crippen LogP contribution is 2.50. The Hall–Kier alpha value is -1.63. The van der Waals surface area contributed by atoms with Crippen molar-refractivity contribution in [3.05, 3.63) is 24.0 Å². The highest BCUT2D eigenvalue weighted by Gasteiger charge is 2.23. The van der Waals surface area contributed by atoms with Crippen LogP contribution in [0.25, 0.3) is 10.8 Å². The minimum absolute atomic E-state index is 0.108. The summed E-state index contributed by atoms with van der Waals surface area (Å²) < 4.78 is 29.8. The van der Waals surface area contributed by atoms with Crippen molar-refractivity contribution in [1.82, 2.24) is 9.97 Å². The molecule has 0 unspecified atom stereocenters. The fourth-order valence-electron chi connectivity index (χ4n) is 3.02. The lowest BCUT2D eigenvalue weighted by atomic mass is 10.1. The van der Waals surface area contributed by atoms with E-state index in [-0.39, 0.29) is 11.7 Å². The number of hydrogen-bond acceptors (Lipinski definition) is 4. The molecule has 1 aliphatic heterocycles. The van der Waals surface area contributed by atoms with Gasteiger partial charge in [-0.1, -0.05) is 0 Å². The first kappa shape index (κ1) is 17.2. The molecular formula is C17H24F2N4S. The largest absolute Gasteiger partial charge is 0.367 e. The molecule has 7 heteroatoms. The summed E-state index contributed by atoms with van der Waals surface area (Å²) in [6.45, 7) is 3.93. The van der Waals surface area contributed by atoms with Crippen LogP contribution >= 0.6 is 10.2 Å². The lowest BCUT2D eigenvalue weighted by Crippen LogP contribution is -2.13. The number of anilines is 2. The summed E-state index contributed by atoms with van der Waals surface area (Å²) in [5.41, 5.74) is -0.221. The lowest BCUT2D eigenvalue weighted by molar-refractivity contribution is 0.146. The molecule has 0 amide bonds. The molecular weight excluding hydrogens is 330 g/mol. The van der Waals surface area contributed by atoms with Crippen LogP contribution in [0.3, 0.4) is 0 Å². The van der Waals surface area contributed by atoms with Crippen LogP contribution in [-0.4, -0.2) is 33.8 Å². The van der Waals surface area contributed by atoms with Crippen molar-refractivity contribution in [2.45, 2.75) is 39.2 Å². The summed E-state index contributed by atoms with van der Waals surface area (Å²) in [5.74, 6) is 3.70. The van der Waals surface area contributed by atoms with Gasteiger partial charge in [-0.2, -0.15) is 10.2 Å². The standard InChI is InChI=1S/C17H24F2N4S/c1-11(2)21-17-13-9-15(23-24(3)6-4-5-7-24)20-10-12(13)8-14(22-17)16(18)19/h8-11,16H,4-7H2,1-3H3,(H,20,23)(H,21,22). The normalized spacial score (nSPS) is 18.3. The fraction of sp³-hybridized carbons (Fsp3) is 0.529. The van der Waals surface area contributed by atoms with E-state index in [0.29, 0.717) is 11.2 Å². The van der Waals surface area contributed by atoms with E-state index >= 15 is 0 Å². The minimum Gasteiger partial charge on any atom is -0.367 e. The maximum absolute atomic E-state index is 13.1. The summed E-state index contributed by atoms with van der Waals surface area (Å²) in [6.07, 6.45) is 3.87. The van der Waals surface area contributed by atoms with E-state index in [9.17, 15) is 8.78 Å². The summed E-state index contributed by atoms with van der Waals surface area (Å²) in [6, 6.07) is 3.46. The number of nitrogens with zero attached hydrogens (tertiary/aromatic N) is 2. The maximum atomic E-state index is 13.1. The third-order valence-corrected chi connectivity index (χ3v) is 7.26. The first-order chi connectivity index (χ1) is 11.4. The van der Waals surface area contributed by atoms with Gasteiger partial charge in [0.1, 0.15) is 17.3 Å². The maximum Gasteiger partial charge on any atom is 0.280 e. The van der Waals surface area contributed by atoms with Crippen molar-refractivity contribution in [2.24, 2.45) is 0 Å². The van der Waals surface area contributed by atoms with E-state index in [1.165, 1.54) is 30.4 Å². The van der Waals surface area contributed by atoms with E-state index in [2.05, 4.69) is 26.3 Å². The topological polar surface area (TPSA) is 49.8 Å². The molecule has 0 bridgehead atoms. The van der Waals surface area contributed by atoms with Gasteiger partial charge in [0.05, 0.1) is 0 Å². The van der Waals surface area contributed by atoms with Gasteiger partial charge in [0, 0.05) is 23.0 Å². The van der Waals surface area contributed by atoms with E-state index in [4.69, 9.17) is 0 Å². The van der Waals surface area contributed by atoms with Gasteiger partial charge in [0.25, 0.3) is 6.43 Å². The zero-order valence-corrected chi connectivity index (χ0v) is 15.1. The van der Waals surface area contributed by atoms with Gasteiger partial charge in [-0.05, 0) is 56.6 Å². The molecule has 0 spiro atoms. The van der Waals surface area contributed by atoms with Crippen molar-refractivity contribution in [1.29, 1.82) is 0 Å². The Bertz CT molecular complexity index is 730. The number of alkyl halides is 2. The van der Waals surface area contributed by atoms with E-state index < -0.39 is 16.6 Å². The van der Waals surface area contributed by atoms with Gasteiger partial charge in [-0.3, -0.25) is 0 Å². The summed E-state index contributed by atoms with van der Waals surface area (Å²) >= 11 is 0. The Labute approximate surface area is 142 Å². The van der Waals surface area contributed by atoms with Crippen molar-refractivity contribution in [3.8, 4) is 0 Å². The predicted molar refractivity (Wildman–Crippen MR) is 99.4 cm³/mol. The molecule has 0 saturated carbocycles. The first-order valence-corrected chi connectivity index (χ1v) is 10.6. The molecule has 2 N–H and O–H groups in total. The fourth-order valence-corrected chi connectivity index (χ4v) is 5.72. The highest BCUT2D eigenvalue weighted by atomic mass is 32.3. The molecule has 3 rings (SSSR count). The molecule has 1 saturated heterocycles. The zero-order chi connectivity index (χ0) is 17.3. The Balaban J connectivity index is 2.01. The van der Waals surface area contributed by atoms with Gasteiger partial charge in [0.15, 0.2) is 0 Å². The molecule has 2 aromatic heterocycles. The molecule has 132 valence electrons. The number of rotatable bonds is 5. The van der Waals surface area contributed by atoms with Gasteiger partial charge in [-0.25, -0.2) is 18.7 Å². The zero-order valence-electron chi connectivity index (χ0n) is 14.3. The monoisotopic (exact) mass is 354 g/mol. The Morgan fingerprint density at radius 2 is 1.88 bits per heavy atom. The van der Waals surface area contributed by atoms with E-state index in [0.717, 1.165) is 11.2 Å². The van der Waals surface area contributed by atoms with Crippen molar-refractivity contribution >= 4 is 32.6 Å². The van der Waals surface area contributed by atoms with Gasteiger partial charge >= 0.3 is 0 Å². The number of halogens is 2. The SMILES string of the molecule is CC(C)Nc1nc(C(F)F)cc2cnc(NS3(C)CCCC3)cc12. The number of nitrogens with one attached hydrogen (secondary N) is 2. The van der Waals surface area contributed by atoms with Crippen LogP contribution in [0.1, 0.15) is 38.8 Å². The van der Waals surface area contributed by atoms with Gasteiger partial charge < -0.3 is 10.0 Å². The number of pyridine rings is 2. The molecule has 0 radical (unpaired) electrons. The van der Waals surface area contributed by atoms with Gasteiger partial charge in [-0.15, -0.1) is 0 Å². The number of aromatic nitrogens is 2. The first-order valence-electron chi connectivity index (χ1n) is 8.23. The average Bonchev–Trinajstić information content (AvgIpc) is 2.93. The van der Waals surface area contributed by atoms with Crippen molar-refractivity contribution in [2.75, 3.05) is 27.8 Å². The summed E-state index contributed by atoms with van der Waals surface area (Å²) in [7, 11) is -0.856. The number of hydrogen-bond donors (Lipinski definition) is 2. The van der Waals surface area contributed by atoms with Crippen LogP contribution in [0.2, 0.25) is 0 Å². The van der Waals surface area contributed by atoms with Crippen LogP contribution in [0.4, 0.5) is 20.4 Å². The predicted octanol–water partition coefficient (Wildman–Crippen LogP) is 4.94. The molecule has 1 fully saturated rings. The van der Waals surface area contributed by atoms with Crippen LogP contribution in [0, 0.1) is 0 Å². The average molecular weight is 354 g/mol. The third-order valence-electron chi connectivity index (χ3n) is 4.17. The Kier molecular flexibility index (Phi) is 4.80. The summed E-state index contributed by atoms with van der Waals surface area (Å²) in [5, 5.41) is 4.69. The number of fused-ring (bicyclic) bond motifs is 1. The van der Waals surface area contributed by atoms with Crippen LogP contribution in [0.15, 0.2) is 18.3 Å².